The number of carboxylic acids is 1. The zero-order valence-corrected chi connectivity index (χ0v) is 11.9. The van der Waals surface area contributed by atoms with E-state index in [1.54, 1.807) is 12.1 Å². The molecule has 0 aliphatic rings. The molecule has 0 saturated heterocycles. The standard InChI is InChI=1S/C14H11BrN2O3/c15-6-9-1-3-10(4-2-9)13(18)17-12-5-11(14(19)20)7-16-8-12/h1-5,7-8H,6H2,(H,17,18)(H,19,20). The van der Waals surface area contributed by atoms with Gasteiger partial charge in [-0.1, -0.05) is 28.1 Å². The summed E-state index contributed by atoms with van der Waals surface area (Å²) >= 11 is 3.33. The Morgan fingerprint density at radius 3 is 2.45 bits per heavy atom. The van der Waals surface area contributed by atoms with Gasteiger partial charge in [-0.3, -0.25) is 9.78 Å². The number of pyridine rings is 1. The van der Waals surface area contributed by atoms with Crippen molar-refractivity contribution in [1.29, 1.82) is 0 Å². The Balaban J connectivity index is 2.14. The van der Waals surface area contributed by atoms with Crippen LogP contribution in [0.25, 0.3) is 0 Å². The fraction of sp³-hybridized carbons (Fsp3) is 0.0714. The molecule has 0 aliphatic carbocycles. The SMILES string of the molecule is O=C(O)c1cncc(NC(=O)c2ccc(CBr)cc2)c1. The van der Waals surface area contributed by atoms with Gasteiger partial charge in [-0.05, 0) is 23.8 Å². The normalized spacial score (nSPS) is 10.1. The van der Waals surface area contributed by atoms with Gasteiger partial charge in [-0.15, -0.1) is 0 Å². The van der Waals surface area contributed by atoms with Gasteiger partial charge in [-0.2, -0.15) is 0 Å². The van der Waals surface area contributed by atoms with E-state index in [-0.39, 0.29) is 11.5 Å². The van der Waals surface area contributed by atoms with E-state index in [0.717, 1.165) is 10.9 Å². The molecule has 1 aromatic heterocycles. The van der Waals surface area contributed by atoms with E-state index < -0.39 is 5.97 Å². The van der Waals surface area contributed by atoms with Gasteiger partial charge in [-0.25, -0.2) is 4.79 Å². The molecule has 2 aromatic rings. The second-order valence-electron chi connectivity index (χ2n) is 4.05. The number of nitrogens with zero attached hydrogens (tertiary/aromatic N) is 1. The van der Waals surface area contributed by atoms with E-state index in [1.807, 2.05) is 12.1 Å². The summed E-state index contributed by atoms with van der Waals surface area (Å²) in [6.45, 7) is 0. The Bertz CT molecular complexity index is 641. The topological polar surface area (TPSA) is 79.3 Å². The minimum Gasteiger partial charge on any atom is -0.478 e. The van der Waals surface area contributed by atoms with Crippen molar-refractivity contribution in [2.24, 2.45) is 0 Å². The highest BCUT2D eigenvalue weighted by Gasteiger charge is 2.08. The molecule has 5 nitrogen and oxygen atoms in total. The van der Waals surface area contributed by atoms with E-state index in [1.165, 1.54) is 18.5 Å². The van der Waals surface area contributed by atoms with Crippen LogP contribution >= 0.6 is 15.9 Å². The lowest BCUT2D eigenvalue weighted by atomic mass is 10.1. The predicted octanol–water partition coefficient (Wildman–Crippen LogP) is 2.93. The van der Waals surface area contributed by atoms with Crippen LogP contribution in [-0.4, -0.2) is 22.0 Å². The fourth-order valence-electron chi connectivity index (χ4n) is 1.57. The Morgan fingerprint density at radius 1 is 1.15 bits per heavy atom. The lowest BCUT2D eigenvalue weighted by molar-refractivity contribution is 0.0696. The van der Waals surface area contributed by atoms with Gasteiger partial charge < -0.3 is 10.4 Å². The van der Waals surface area contributed by atoms with Gasteiger partial charge >= 0.3 is 5.97 Å². The van der Waals surface area contributed by atoms with Crippen LogP contribution < -0.4 is 5.32 Å². The zero-order chi connectivity index (χ0) is 14.5. The summed E-state index contributed by atoms with van der Waals surface area (Å²) in [7, 11) is 0. The summed E-state index contributed by atoms with van der Waals surface area (Å²) in [5.74, 6) is -1.40. The molecule has 1 heterocycles. The molecule has 6 heteroatoms. The first-order valence-corrected chi connectivity index (χ1v) is 6.87. The maximum absolute atomic E-state index is 12.0. The van der Waals surface area contributed by atoms with Crippen molar-refractivity contribution in [3.05, 3.63) is 59.4 Å². The van der Waals surface area contributed by atoms with E-state index >= 15 is 0 Å². The Morgan fingerprint density at radius 2 is 1.85 bits per heavy atom. The number of halogens is 1. The first-order valence-electron chi connectivity index (χ1n) is 5.75. The van der Waals surface area contributed by atoms with E-state index in [2.05, 4.69) is 26.2 Å². The highest BCUT2D eigenvalue weighted by atomic mass is 79.9. The average Bonchev–Trinajstić information content (AvgIpc) is 2.47. The summed E-state index contributed by atoms with van der Waals surface area (Å²) in [6, 6.07) is 8.46. The van der Waals surface area contributed by atoms with E-state index in [4.69, 9.17) is 5.11 Å². The van der Waals surface area contributed by atoms with Crippen molar-refractivity contribution >= 4 is 33.5 Å². The number of nitrogens with one attached hydrogen (secondary N) is 1. The summed E-state index contributed by atoms with van der Waals surface area (Å²) in [4.78, 5) is 26.6. The van der Waals surface area contributed by atoms with Crippen LogP contribution in [0.4, 0.5) is 5.69 Å². The maximum atomic E-state index is 12.0. The minimum absolute atomic E-state index is 0.0254. The van der Waals surface area contributed by atoms with Crippen molar-refractivity contribution in [2.45, 2.75) is 5.33 Å². The molecule has 0 radical (unpaired) electrons. The smallest absolute Gasteiger partial charge is 0.337 e. The number of carboxylic acid groups (broad SMARTS) is 1. The number of hydrogen-bond donors (Lipinski definition) is 2. The van der Waals surface area contributed by atoms with Crippen LogP contribution in [0.5, 0.6) is 0 Å². The van der Waals surface area contributed by atoms with Crippen molar-refractivity contribution in [1.82, 2.24) is 4.98 Å². The number of anilines is 1. The quantitative estimate of drug-likeness (QED) is 0.842. The van der Waals surface area contributed by atoms with Crippen molar-refractivity contribution in [3.8, 4) is 0 Å². The Kier molecular flexibility index (Phi) is 4.47. The summed E-state index contributed by atoms with van der Waals surface area (Å²) in [6.07, 6.45) is 2.62. The number of alkyl halides is 1. The molecule has 0 unspecified atom stereocenters. The largest absolute Gasteiger partial charge is 0.478 e. The average molecular weight is 335 g/mol. The number of aromatic nitrogens is 1. The predicted molar refractivity (Wildman–Crippen MR) is 78.2 cm³/mol. The lowest BCUT2D eigenvalue weighted by Crippen LogP contribution is -2.12. The molecule has 0 fully saturated rings. The van der Waals surface area contributed by atoms with Crippen LogP contribution in [-0.2, 0) is 5.33 Å². The van der Waals surface area contributed by atoms with Gasteiger partial charge in [0.15, 0.2) is 0 Å². The van der Waals surface area contributed by atoms with Gasteiger partial charge in [0.25, 0.3) is 5.91 Å². The molecule has 0 aliphatic heterocycles. The highest BCUT2D eigenvalue weighted by Crippen LogP contribution is 2.12. The second kappa shape index (κ2) is 6.29. The van der Waals surface area contributed by atoms with Crippen LogP contribution in [0.1, 0.15) is 26.3 Å². The van der Waals surface area contributed by atoms with Crippen LogP contribution in [0.15, 0.2) is 42.7 Å². The molecule has 20 heavy (non-hydrogen) atoms. The number of carbonyl (C=O) groups excluding carboxylic acids is 1. The molecule has 1 amide bonds. The number of rotatable bonds is 4. The fourth-order valence-corrected chi connectivity index (χ4v) is 1.95. The number of carbonyl (C=O) groups is 2. The molecule has 2 rings (SSSR count). The van der Waals surface area contributed by atoms with Crippen LogP contribution in [0.2, 0.25) is 0 Å². The first-order chi connectivity index (χ1) is 9.60. The monoisotopic (exact) mass is 334 g/mol. The van der Waals surface area contributed by atoms with Gasteiger partial charge in [0.2, 0.25) is 0 Å². The number of hydrogen-bond acceptors (Lipinski definition) is 3. The Hall–Kier alpha value is -2.21. The molecule has 0 saturated carbocycles. The molecule has 0 spiro atoms. The second-order valence-corrected chi connectivity index (χ2v) is 4.61. The molecule has 1 aromatic carbocycles. The highest BCUT2D eigenvalue weighted by molar-refractivity contribution is 9.08. The Labute approximate surface area is 123 Å². The van der Waals surface area contributed by atoms with Crippen molar-refractivity contribution in [3.63, 3.8) is 0 Å². The van der Waals surface area contributed by atoms with Crippen LogP contribution in [0.3, 0.4) is 0 Å². The molecule has 0 atom stereocenters. The van der Waals surface area contributed by atoms with Gasteiger partial charge in [0.1, 0.15) is 0 Å². The van der Waals surface area contributed by atoms with E-state index in [9.17, 15) is 9.59 Å². The first kappa shape index (κ1) is 14.2. The van der Waals surface area contributed by atoms with Crippen LogP contribution in [0, 0.1) is 0 Å². The van der Waals surface area contributed by atoms with Gasteiger partial charge in [0.05, 0.1) is 17.4 Å². The minimum atomic E-state index is -1.09. The molecular weight excluding hydrogens is 324 g/mol. The third-order valence-corrected chi connectivity index (χ3v) is 3.26. The molecular formula is C14H11BrN2O3. The van der Waals surface area contributed by atoms with E-state index in [0.29, 0.717) is 11.3 Å². The number of amides is 1. The zero-order valence-electron chi connectivity index (χ0n) is 10.3. The lowest BCUT2D eigenvalue weighted by Gasteiger charge is -2.06. The number of aromatic carboxylic acids is 1. The summed E-state index contributed by atoms with van der Waals surface area (Å²) in [5, 5.41) is 12.2. The third kappa shape index (κ3) is 3.42. The molecule has 0 bridgehead atoms. The number of benzene rings is 1. The van der Waals surface area contributed by atoms with Crippen molar-refractivity contribution in [2.75, 3.05) is 5.32 Å². The third-order valence-electron chi connectivity index (χ3n) is 2.61. The summed E-state index contributed by atoms with van der Waals surface area (Å²) in [5.41, 5.74) is 1.93. The maximum Gasteiger partial charge on any atom is 0.337 e. The van der Waals surface area contributed by atoms with Gasteiger partial charge in [0, 0.05) is 17.1 Å². The summed E-state index contributed by atoms with van der Waals surface area (Å²) < 4.78 is 0. The molecule has 102 valence electrons. The molecule has 2 N–H and O–H groups in total. The van der Waals surface area contributed by atoms with Crippen molar-refractivity contribution < 1.29 is 14.7 Å².